The van der Waals surface area contributed by atoms with E-state index >= 15 is 0 Å². The summed E-state index contributed by atoms with van der Waals surface area (Å²) in [7, 11) is 0. The van der Waals surface area contributed by atoms with E-state index < -0.39 is 0 Å². The predicted octanol–water partition coefficient (Wildman–Crippen LogP) is 4.94. The van der Waals surface area contributed by atoms with Crippen molar-refractivity contribution in [1.82, 2.24) is 5.32 Å². The molecule has 4 bridgehead atoms. The summed E-state index contributed by atoms with van der Waals surface area (Å²) in [5, 5.41) is 3.89. The van der Waals surface area contributed by atoms with Gasteiger partial charge in [-0.3, -0.25) is 0 Å². The van der Waals surface area contributed by atoms with E-state index in [0.717, 1.165) is 30.7 Å². The van der Waals surface area contributed by atoms with Crippen molar-refractivity contribution in [2.75, 3.05) is 0 Å². The highest BCUT2D eigenvalue weighted by Crippen LogP contribution is 2.61. The van der Waals surface area contributed by atoms with Crippen LogP contribution in [-0.2, 0) is 13.0 Å². The average Bonchev–Trinajstić information content (AvgIpc) is 2.51. The highest BCUT2D eigenvalue weighted by molar-refractivity contribution is 5.22. The first-order valence-electron chi connectivity index (χ1n) is 9.48. The van der Waals surface area contributed by atoms with Gasteiger partial charge in [-0.05, 0) is 86.2 Å². The Bertz CT molecular complexity index is 480. The van der Waals surface area contributed by atoms with Crippen LogP contribution in [-0.4, -0.2) is 6.04 Å². The molecule has 1 aromatic carbocycles. The Hall–Kier alpha value is -0.820. The summed E-state index contributed by atoms with van der Waals surface area (Å²) in [6.07, 6.45) is 10.3. The highest BCUT2D eigenvalue weighted by atomic mass is 14.9. The van der Waals surface area contributed by atoms with E-state index in [9.17, 15) is 0 Å². The first kappa shape index (κ1) is 14.8. The van der Waals surface area contributed by atoms with E-state index in [1.165, 1.54) is 30.4 Å². The van der Waals surface area contributed by atoms with Gasteiger partial charge in [0.25, 0.3) is 0 Å². The Morgan fingerprint density at radius 2 is 1.45 bits per heavy atom. The molecule has 0 amide bonds. The van der Waals surface area contributed by atoms with Gasteiger partial charge in [0, 0.05) is 12.6 Å². The first-order chi connectivity index (χ1) is 10.7. The molecule has 1 N–H and O–H groups in total. The molecule has 4 fully saturated rings. The Balaban J connectivity index is 1.40. The summed E-state index contributed by atoms with van der Waals surface area (Å²) >= 11 is 0. The van der Waals surface area contributed by atoms with Gasteiger partial charge >= 0.3 is 0 Å². The first-order valence-corrected chi connectivity index (χ1v) is 9.48. The fraction of sp³-hybridized carbons (Fsp3) is 0.714. The van der Waals surface area contributed by atoms with Gasteiger partial charge in [0.2, 0.25) is 0 Å². The number of hydrogen-bond donors (Lipinski definition) is 1. The summed E-state index contributed by atoms with van der Waals surface area (Å²) in [6, 6.07) is 9.85. The molecule has 4 saturated carbocycles. The maximum atomic E-state index is 3.89. The van der Waals surface area contributed by atoms with Gasteiger partial charge in [0.05, 0.1) is 0 Å². The van der Waals surface area contributed by atoms with Crippen LogP contribution in [0.3, 0.4) is 0 Å². The molecule has 0 aliphatic heterocycles. The van der Waals surface area contributed by atoms with Crippen LogP contribution >= 0.6 is 0 Å². The van der Waals surface area contributed by atoms with Crippen LogP contribution in [0, 0.1) is 23.2 Å². The Kier molecular flexibility index (Phi) is 3.80. The zero-order valence-electron chi connectivity index (χ0n) is 14.3. The molecule has 0 unspecified atom stereocenters. The molecule has 0 aromatic heterocycles. The SMILES string of the molecule is CCc1ccc(CN[C@@H](C)C23CC4CC(CC(C4)C2)C3)cc1. The van der Waals surface area contributed by atoms with Crippen LogP contribution < -0.4 is 5.32 Å². The lowest BCUT2D eigenvalue weighted by atomic mass is 9.48. The number of aryl methyl sites for hydroxylation is 1. The van der Waals surface area contributed by atoms with Crippen molar-refractivity contribution < 1.29 is 0 Å². The minimum atomic E-state index is 0.623. The minimum Gasteiger partial charge on any atom is -0.310 e. The molecular weight excluding hydrogens is 266 g/mol. The molecule has 120 valence electrons. The fourth-order valence-corrected chi connectivity index (χ4v) is 6.09. The van der Waals surface area contributed by atoms with Gasteiger partial charge < -0.3 is 5.32 Å². The molecule has 22 heavy (non-hydrogen) atoms. The van der Waals surface area contributed by atoms with Gasteiger partial charge in [0.15, 0.2) is 0 Å². The van der Waals surface area contributed by atoms with Gasteiger partial charge in [-0.1, -0.05) is 31.2 Å². The minimum absolute atomic E-state index is 0.623. The van der Waals surface area contributed by atoms with Crippen LogP contribution in [0.5, 0.6) is 0 Å². The van der Waals surface area contributed by atoms with E-state index in [-0.39, 0.29) is 0 Å². The monoisotopic (exact) mass is 297 g/mol. The second-order valence-corrected chi connectivity index (χ2v) is 8.55. The van der Waals surface area contributed by atoms with Crippen LogP contribution in [0.15, 0.2) is 24.3 Å². The maximum absolute atomic E-state index is 3.89. The van der Waals surface area contributed by atoms with Crippen molar-refractivity contribution in [3.8, 4) is 0 Å². The average molecular weight is 297 g/mol. The molecule has 1 nitrogen and oxygen atoms in total. The van der Waals surface area contributed by atoms with Crippen molar-refractivity contribution in [3.05, 3.63) is 35.4 Å². The van der Waals surface area contributed by atoms with Gasteiger partial charge in [0.1, 0.15) is 0 Å². The number of nitrogens with one attached hydrogen (secondary N) is 1. The molecule has 4 aliphatic rings. The second-order valence-electron chi connectivity index (χ2n) is 8.55. The lowest BCUT2D eigenvalue weighted by Crippen LogP contribution is -2.54. The van der Waals surface area contributed by atoms with Gasteiger partial charge in [-0.15, -0.1) is 0 Å². The van der Waals surface area contributed by atoms with Crippen molar-refractivity contribution in [2.45, 2.75) is 71.4 Å². The van der Waals surface area contributed by atoms with Gasteiger partial charge in [-0.2, -0.15) is 0 Å². The van der Waals surface area contributed by atoms with E-state index in [1.54, 1.807) is 19.3 Å². The van der Waals surface area contributed by atoms with E-state index in [4.69, 9.17) is 0 Å². The van der Waals surface area contributed by atoms with Crippen LogP contribution in [0.2, 0.25) is 0 Å². The molecule has 4 aliphatic carbocycles. The number of hydrogen-bond acceptors (Lipinski definition) is 1. The lowest BCUT2D eigenvalue weighted by molar-refractivity contribution is -0.0706. The summed E-state index contributed by atoms with van der Waals surface area (Å²) in [5.41, 5.74) is 3.50. The van der Waals surface area contributed by atoms with Crippen LogP contribution in [0.4, 0.5) is 0 Å². The summed E-state index contributed by atoms with van der Waals surface area (Å²) in [4.78, 5) is 0. The molecule has 1 aromatic rings. The summed E-state index contributed by atoms with van der Waals surface area (Å²) in [6.45, 7) is 5.73. The number of rotatable bonds is 5. The molecule has 1 heteroatoms. The number of benzene rings is 1. The second kappa shape index (κ2) is 5.67. The molecule has 0 saturated heterocycles. The Morgan fingerprint density at radius 1 is 0.955 bits per heavy atom. The molecule has 1 atom stereocenters. The van der Waals surface area contributed by atoms with Gasteiger partial charge in [-0.25, -0.2) is 0 Å². The lowest BCUT2D eigenvalue weighted by Gasteiger charge is -2.59. The largest absolute Gasteiger partial charge is 0.310 e. The van der Waals surface area contributed by atoms with Crippen molar-refractivity contribution in [1.29, 1.82) is 0 Å². The highest BCUT2D eigenvalue weighted by Gasteiger charge is 2.52. The molecule has 0 spiro atoms. The van der Waals surface area contributed by atoms with E-state index in [1.807, 2.05) is 0 Å². The van der Waals surface area contributed by atoms with Crippen LogP contribution in [0.25, 0.3) is 0 Å². The van der Waals surface area contributed by atoms with Crippen molar-refractivity contribution in [3.63, 3.8) is 0 Å². The topological polar surface area (TPSA) is 12.0 Å². The Labute approximate surface area is 135 Å². The zero-order chi connectivity index (χ0) is 15.2. The normalized spacial score (nSPS) is 37.5. The third kappa shape index (κ3) is 2.62. The maximum Gasteiger partial charge on any atom is 0.0208 e. The fourth-order valence-electron chi connectivity index (χ4n) is 6.09. The van der Waals surface area contributed by atoms with Crippen LogP contribution in [0.1, 0.15) is 63.5 Å². The summed E-state index contributed by atoms with van der Waals surface area (Å²) < 4.78 is 0. The molecule has 5 rings (SSSR count). The third-order valence-corrected chi connectivity index (χ3v) is 7.05. The predicted molar refractivity (Wildman–Crippen MR) is 92.7 cm³/mol. The third-order valence-electron chi connectivity index (χ3n) is 7.05. The van der Waals surface area contributed by atoms with E-state index in [0.29, 0.717) is 11.5 Å². The van der Waals surface area contributed by atoms with Crippen molar-refractivity contribution in [2.24, 2.45) is 23.2 Å². The quantitative estimate of drug-likeness (QED) is 0.811. The smallest absolute Gasteiger partial charge is 0.0208 e. The zero-order valence-corrected chi connectivity index (χ0v) is 14.3. The van der Waals surface area contributed by atoms with E-state index in [2.05, 4.69) is 43.4 Å². The molecule has 0 heterocycles. The molecular formula is C21H31N. The Morgan fingerprint density at radius 3 is 1.95 bits per heavy atom. The van der Waals surface area contributed by atoms with Crippen molar-refractivity contribution >= 4 is 0 Å². The summed E-state index contributed by atoms with van der Waals surface area (Å²) in [5.74, 6) is 3.16. The molecule has 0 radical (unpaired) electrons. The standard InChI is InChI=1S/C21H31N/c1-3-16-4-6-17(7-5-16)14-22-15(2)21-11-18-8-19(12-21)10-20(9-18)13-21/h4-7,15,18-20,22H,3,8-14H2,1-2H3/t15-,18?,19?,20?,21?/m0/s1.